The zero-order valence-corrected chi connectivity index (χ0v) is 20.4. The van der Waals surface area contributed by atoms with E-state index in [1.807, 2.05) is 12.1 Å². The summed E-state index contributed by atoms with van der Waals surface area (Å²) in [5.74, 6) is -0.466. The van der Waals surface area contributed by atoms with E-state index in [2.05, 4.69) is 12.1 Å². The van der Waals surface area contributed by atoms with Crippen LogP contribution in [0.15, 0.2) is 91.0 Å². The van der Waals surface area contributed by atoms with Crippen LogP contribution < -0.4 is 9.64 Å². The molecule has 0 radical (unpaired) electrons. The predicted octanol–water partition coefficient (Wildman–Crippen LogP) is 6.33. The van der Waals surface area contributed by atoms with Crippen molar-refractivity contribution in [3.05, 3.63) is 114 Å². The van der Waals surface area contributed by atoms with Crippen molar-refractivity contribution in [1.82, 2.24) is 0 Å². The molecule has 2 amide bonds. The van der Waals surface area contributed by atoms with E-state index in [1.165, 1.54) is 48.1 Å². The number of aryl methyl sites for hydroxylation is 1. The van der Waals surface area contributed by atoms with Crippen LogP contribution in [0.1, 0.15) is 47.2 Å². The molecule has 37 heavy (non-hydrogen) atoms. The molecule has 0 unspecified atom stereocenters. The molecule has 0 saturated heterocycles. The molecule has 0 atom stereocenters. The molecule has 0 aromatic heterocycles. The lowest BCUT2D eigenvalue weighted by molar-refractivity contribution is -0.119. The molecule has 1 aliphatic heterocycles. The molecule has 0 aliphatic carbocycles. The molecule has 188 valence electrons. The molecule has 0 spiro atoms. The Balaban J connectivity index is 1.10. The summed E-state index contributed by atoms with van der Waals surface area (Å²) in [5.41, 5.74) is 3.20. The largest absolute Gasteiger partial charge is 0.494 e. The minimum Gasteiger partial charge on any atom is -0.494 e. The molecular weight excluding hydrogens is 469 g/mol. The van der Waals surface area contributed by atoms with Gasteiger partial charge in [0.25, 0.3) is 11.8 Å². The Labute approximate surface area is 215 Å². The molecule has 4 rings (SSSR count). The van der Waals surface area contributed by atoms with E-state index in [0.29, 0.717) is 23.6 Å². The number of allylic oxidation sites excluding steroid dienone is 1. The minimum atomic E-state index is -0.359. The molecule has 0 fully saturated rings. The monoisotopic (exact) mass is 497 g/mol. The van der Waals surface area contributed by atoms with Crippen molar-refractivity contribution in [2.24, 2.45) is 0 Å². The standard InChI is InChI=1S/C31H28FNO4/c32-26-13-11-25(12-14-26)29(34)19-10-24-8-6-23(7-9-24)5-3-1-2-4-22-37-28-17-15-27(16-18-28)33-30(35)20-21-31(33)36/h6-21H,1-5,22H2. The Kier molecular flexibility index (Phi) is 8.76. The number of benzene rings is 3. The highest BCUT2D eigenvalue weighted by Gasteiger charge is 2.24. The van der Waals surface area contributed by atoms with Gasteiger partial charge in [-0.25, -0.2) is 9.29 Å². The van der Waals surface area contributed by atoms with Gasteiger partial charge in [-0.05, 0) is 85.0 Å². The number of carbonyl (C=O) groups is 3. The van der Waals surface area contributed by atoms with Crippen LogP contribution in [0.5, 0.6) is 5.75 Å². The first kappa shape index (κ1) is 25.8. The number of amides is 2. The normalized spacial score (nSPS) is 13.1. The Morgan fingerprint density at radius 1 is 0.784 bits per heavy atom. The summed E-state index contributed by atoms with van der Waals surface area (Å²) in [6.07, 6.45) is 11.0. The van der Waals surface area contributed by atoms with Crippen molar-refractivity contribution in [3.8, 4) is 5.75 Å². The smallest absolute Gasteiger partial charge is 0.258 e. The van der Waals surface area contributed by atoms with E-state index >= 15 is 0 Å². The lowest BCUT2D eigenvalue weighted by Crippen LogP contribution is -2.29. The van der Waals surface area contributed by atoms with Gasteiger partial charge in [-0.3, -0.25) is 14.4 Å². The molecule has 5 nitrogen and oxygen atoms in total. The summed E-state index contributed by atoms with van der Waals surface area (Å²) in [6.45, 7) is 0.611. The van der Waals surface area contributed by atoms with E-state index < -0.39 is 0 Å². The number of imide groups is 1. The second-order valence-electron chi connectivity index (χ2n) is 8.80. The first-order chi connectivity index (χ1) is 18.0. The number of halogens is 1. The van der Waals surface area contributed by atoms with E-state index in [-0.39, 0.29) is 23.4 Å². The quantitative estimate of drug-likeness (QED) is 0.127. The van der Waals surface area contributed by atoms with Crippen LogP contribution >= 0.6 is 0 Å². The van der Waals surface area contributed by atoms with E-state index in [1.54, 1.807) is 30.3 Å². The maximum Gasteiger partial charge on any atom is 0.258 e. The minimum absolute atomic E-state index is 0.155. The van der Waals surface area contributed by atoms with Crippen molar-refractivity contribution in [3.63, 3.8) is 0 Å². The lowest BCUT2D eigenvalue weighted by atomic mass is 10.0. The Morgan fingerprint density at radius 3 is 2.11 bits per heavy atom. The summed E-state index contributed by atoms with van der Waals surface area (Å²) in [4.78, 5) is 36.8. The SMILES string of the molecule is O=C(C=Cc1ccc(CCCCCCOc2ccc(N3C(=O)C=CC3=O)cc2)cc1)c1ccc(F)cc1. The molecule has 0 bridgehead atoms. The molecule has 3 aromatic carbocycles. The topological polar surface area (TPSA) is 63.7 Å². The molecule has 0 saturated carbocycles. The lowest BCUT2D eigenvalue weighted by Gasteiger charge is -2.14. The van der Waals surface area contributed by atoms with Gasteiger partial charge in [0.1, 0.15) is 11.6 Å². The highest BCUT2D eigenvalue weighted by atomic mass is 19.1. The Morgan fingerprint density at radius 2 is 1.43 bits per heavy atom. The van der Waals surface area contributed by atoms with Crippen LogP contribution in [0.25, 0.3) is 6.08 Å². The summed E-state index contributed by atoms with van der Waals surface area (Å²) in [6, 6.07) is 20.6. The summed E-state index contributed by atoms with van der Waals surface area (Å²) in [7, 11) is 0. The first-order valence-electron chi connectivity index (χ1n) is 12.4. The number of nitrogens with zero attached hydrogens (tertiary/aromatic N) is 1. The maximum absolute atomic E-state index is 13.0. The van der Waals surface area contributed by atoms with Crippen molar-refractivity contribution in [1.29, 1.82) is 0 Å². The molecule has 1 aliphatic rings. The third-order valence-electron chi connectivity index (χ3n) is 6.07. The number of unbranched alkanes of at least 4 members (excludes halogenated alkanes) is 3. The number of ether oxygens (including phenoxy) is 1. The van der Waals surface area contributed by atoms with Gasteiger partial charge in [0, 0.05) is 17.7 Å². The molecule has 6 heteroatoms. The van der Waals surface area contributed by atoms with E-state index in [4.69, 9.17) is 4.74 Å². The predicted molar refractivity (Wildman–Crippen MR) is 142 cm³/mol. The van der Waals surface area contributed by atoms with Crippen LogP contribution in [-0.2, 0) is 16.0 Å². The zero-order valence-electron chi connectivity index (χ0n) is 20.4. The second-order valence-corrected chi connectivity index (χ2v) is 8.80. The highest BCUT2D eigenvalue weighted by molar-refractivity contribution is 6.28. The van der Waals surface area contributed by atoms with Gasteiger partial charge >= 0.3 is 0 Å². The fourth-order valence-corrected chi connectivity index (χ4v) is 4.00. The van der Waals surface area contributed by atoms with Crippen LogP contribution in [0.4, 0.5) is 10.1 Å². The average molecular weight is 498 g/mol. The summed E-state index contributed by atoms with van der Waals surface area (Å²) < 4.78 is 18.8. The van der Waals surface area contributed by atoms with Gasteiger partial charge in [0.15, 0.2) is 5.78 Å². The van der Waals surface area contributed by atoms with Crippen molar-refractivity contribution in [2.75, 3.05) is 11.5 Å². The van der Waals surface area contributed by atoms with Crippen LogP contribution in [0, 0.1) is 5.82 Å². The van der Waals surface area contributed by atoms with Crippen molar-refractivity contribution in [2.45, 2.75) is 32.1 Å². The van der Waals surface area contributed by atoms with Gasteiger partial charge in [0.05, 0.1) is 12.3 Å². The van der Waals surface area contributed by atoms with Crippen molar-refractivity contribution < 1.29 is 23.5 Å². The average Bonchev–Trinajstić information content (AvgIpc) is 3.25. The Hall–Kier alpha value is -4.32. The number of rotatable bonds is 12. The molecular formula is C31H28FNO4. The second kappa shape index (κ2) is 12.6. The van der Waals surface area contributed by atoms with Crippen LogP contribution in [0.2, 0.25) is 0 Å². The van der Waals surface area contributed by atoms with Crippen LogP contribution in [0.3, 0.4) is 0 Å². The number of hydrogen-bond donors (Lipinski definition) is 0. The highest BCUT2D eigenvalue weighted by Crippen LogP contribution is 2.22. The molecule has 1 heterocycles. The number of carbonyl (C=O) groups excluding carboxylic acids is 3. The van der Waals surface area contributed by atoms with Gasteiger partial charge in [-0.1, -0.05) is 43.2 Å². The van der Waals surface area contributed by atoms with Gasteiger partial charge in [-0.15, -0.1) is 0 Å². The number of anilines is 1. The van der Waals surface area contributed by atoms with E-state index in [9.17, 15) is 18.8 Å². The van der Waals surface area contributed by atoms with Gasteiger partial charge in [-0.2, -0.15) is 0 Å². The fourth-order valence-electron chi connectivity index (χ4n) is 4.00. The van der Waals surface area contributed by atoms with Gasteiger partial charge < -0.3 is 4.74 Å². The molecule has 3 aromatic rings. The fraction of sp³-hybridized carbons (Fsp3) is 0.194. The zero-order chi connectivity index (χ0) is 26.0. The van der Waals surface area contributed by atoms with Crippen molar-refractivity contribution >= 4 is 29.4 Å². The Bertz CT molecular complexity index is 1270. The third-order valence-corrected chi connectivity index (χ3v) is 6.07. The number of ketones is 1. The maximum atomic E-state index is 13.0. The van der Waals surface area contributed by atoms with Gasteiger partial charge in [0.2, 0.25) is 0 Å². The van der Waals surface area contributed by atoms with E-state index in [0.717, 1.165) is 42.6 Å². The summed E-state index contributed by atoms with van der Waals surface area (Å²) >= 11 is 0. The first-order valence-corrected chi connectivity index (χ1v) is 12.4. The van der Waals surface area contributed by atoms with Crippen LogP contribution in [-0.4, -0.2) is 24.2 Å². The number of hydrogen-bond acceptors (Lipinski definition) is 4. The summed E-state index contributed by atoms with van der Waals surface area (Å²) in [5, 5.41) is 0. The third kappa shape index (κ3) is 7.34. The molecule has 0 N–H and O–H groups in total.